The summed E-state index contributed by atoms with van der Waals surface area (Å²) in [5.41, 5.74) is 6.59. The maximum absolute atomic E-state index is 13.6. The number of aryl methyl sites for hydroxylation is 1. The largest absolute Gasteiger partial charge is 0.464 e. The summed E-state index contributed by atoms with van der Waals surface area (Å²) < 4.78 is 21.6. The molecule has 4 rings (SSSR count). The lowest BCUT2D eigenvalue weighted by atomic mass is 9.73. The van der Waals surface area contributed by atoms with Crippen LogP contribution in [0.1, 0.15) is 73.5 Å². The number of amides is 1. The first-order chi connectivity index (χ1) is 23.5. The highest BCUT2D eigenvalue weighted by Gasteiger charge is 2.39. The molecule has 11 heteroatoms. The predicted molar refractivity (Wildman–Crippen MR) is 187 cm³/mol. The predicted octanol–water partition coefficient (Wildman–Crippen LogP) is 5.59. The zero-order valence-electron chi connectivity index (χ0n) is 28.9. The molecular formula is C38H45N3O8. The van der Waals surface area contributed by atoms with Gasteiger partial charge in [-0.05, 0) is 63.5 Å². The summed E-state index contributed by atoms with van der Waals surface area (Å²) in [5, 5.41) is 6.28. The van der Waals surface area contributed by atoms with E-state index in [1.165, 1.54) is 6.92 Å². The average Bonchev–Trinajstić information content (AvgIpc) is 3.07. The quantitative estimate of drug-likeness (QED) is 0.107. The fourth-order valence-electron chi connectivity index (χ4n) is 5.75. The number of carbonyl (C=O) groups excluding carboxylic acids is 4. The van der Waals surface area contributed by atoms with E-state index in [-0.39, 0.29) is 62.5 Å². The third kappa shape index (κ3) is 9.46. The molecule has 0 radical (unpaired) electrons. The van der Waals surface area contributed by atoms with E-state index in [1.807, 2.05) is 51.1 Å². The minimum atomic E-state index is -0.620. The summed E-state index contributed by atoms with van der Waals surface area (Å²) in [6.45, 7) is 14.3. The number of allylic oxidation sites excluding steroid dienone is 3. The van der Waals surface area contributed by atoms with Gasteiger partial charge in [0.15, 0.2) is 0 Å². The van der Waals surface area contributed by atoms with Crippen LogP contribution < -0.4 is 15.4 Å². The fourth-order valence-corrected chi connectivity index (χ4v) is 5.75. The summed E-state index contributed by atoms with van der Waals surface area (Å²) in [4.78, 5) is 53.7. The number of fused-ring (bicyclic) bond motifs is 2. The topological polar surface area (TPSA) is 142 Å². The first-order valence-corrected chi connectivity index (χ1v) is 16.6. The van der Waals surface area contributed by atoms with Crippen molar-refractivity contribution < 1.29 is 38.1 Å². The second kappa shape index (κ2) is 17.3. The Morgan fingerprint density at radius 2 is 1.63 bits per heavy atom. The second-order valence-electron chi connectivity index (χ2n) is 11.8. The number of anilines is 1. The molecule has 2 unspecified atom stereocenters. The Morgan fingerprint density at radius 3 is 2.33 bits per heavy atom. The minimum absolute atomic E-state index is 0.0673. The Balaban J connectivity index is 1.42. The van der Waals surface area contributed by atoms with Crippen molar-refractivity contribution in [2.75, 3.05) is 44.8 Å². The number of hydrogen-bond donors (Lipinski definition) is 2. The molecule has 0 saturated carbocycles. The van der Waals surface area contributed by atoms with E-state index >= 15 is 0 Å². The van der Waals surface area contributed by atoms with E-state index in [4.69, 9.17) is 18.9 Å². The van der Waals surface area contributed by atoms with Crippen LogP contribution in [-0.4, -0.2) is 69.0 Å². The molecule has 1 aliphatic heterocycles. The average molecular weight is 672 g/mol. The van der Waals surface area contributed by atoms with Gasteiger partial charge in [0.2, 0.25) is 0 Å². The van der Waals surface area contributed by atoms with Crippen LogP contribution in [0.25, 0.3) is 0 Å². The molecule has 49 heavy (non-hydrogen) atoms. The highest BCUT2D eigenvalue weighted by atomic mass is 16.6. The molecule has 0 fully saturated rings. The zero-order chi connectivity index (χ0) is 35.5. The number of nitrogens with zero attached hydrogens (tertiary/aromatic N) is 1. The van der Waals surface area contributed by atoms with Gasteiger partial charge in [0.25, 0.3) is 5.91 Å². The third-order valence-corrected chi connectivity index (χ3v) is 8.07. The van der Waals surface area contributed by atoms with Crippen molar-refractivity contribution in [3.63, 3.8) is 0 Å². The van der Waals surface area contributed by atoms with E-state index in [2.05, 4.69) is 41.3 Å². The monoisotopic (exact) mass is 671 g/mol. The molecule has 0 spiro atoms. The van der Waals surface area contributed by atoms with Crippen molar-refractivity contribution in [1.82, 2.24) is 5.32 Å². The van der Waals surface area contributed by atoms with Gasteiger partial charge in [-0.2, -0.15) is 0 Å². The molecule has 0 bridgehead atoms. The molecule has 2 atom stereocenters. The van der Waals surface area contributed by atoms with Gasteiger partial charge in [-0.15, -0.1) is 0 Å². The van der Waals surface area contributed by atoms with Crippen molar-refractivity contribution >= 4 is 35.2 Å². The van der Waals surface area contributed by atoms with Crippen LogP contribution in [0.4, 0.5) is 5.69 Å². The van der Waals surface area contributed by atoms with E-state index in [0.29, 0.717) is 12.1 Å². The lowest BCUT2D eigenvalue weighted by molar-refractivity contribution is -0.153. The van der Waals surface area contributed by atoms with Crippen molar-refractivity contribution in [1.29, 1.82) is 0 Å². The van der Waals surface area contributed by atoms with E-state index in [9.17, 15) is 19.2 Å². The Hall–Kier alpha value is -5.19. The van der Waals surface area contributed by atoms with Crippen LogP contribution in [0.15, 0.2) is 77.0 Å². The molecule has 2 N–H and O–H groups in total. The molecule has 0 aromatic heterocycles. The Morgan fingerprint density at radius 1 is 0.939 bits per heavy atom. The number of hydrogen-bond acceptors (Lipinski definition) is 10. The zero-order valence-corrected chi connectivity index (χ0v) is 28.9. The van der Waals surface area contributed by atoms with Crippen LogP contribution in [0.2, 0.25) is 0 Å². The van der Waals surface area contributed by atoms with Crippen molar-refractivity contribution in [2.45, 2.75) is 53.4 Å². The summed E-state index contributed by atoms with van der Waals surface area (Å²) >= 11 is 0. The standard InChI is InChI=1S/C38H45N3O8/c1-7-39-30-21-32-28(19-24(30)5)36(29-20-25(6)31(40-8-2)22-33(29)49-32)26-11-9-10-12-27(26)37(44)41-15-16-46-34(42)13-14-35(43)47-17-18-48-38(45)23(3)4/h9-12,19-22,28,36,40H,3,7-8,13-18H2,1-2,4-6H3,(H,41,44). The van der Waals surface area contributed by atoms with Crippen LogP contribution in [-0.2, 0) is 28.6 Å². The van der Waals surface area contributed by atoms with E-state index in [0.717, 1.165) is 51.7 Å². The van der Waals surface area contributed by atoms with Gasteiger partial charge in [-0.3, -0.25) is 19.4 Å². The highest BCUT2D eigenvalue weighted by molar-refractivity contribution is 6.09. The first-order valence-electron chi connectivity index (χ1n) is 16.6. The number of nitrogens with one attached hydrogen (secondary N) is 2. The normalized spacial score (nSPS) is 17.0. The smallest absolute Gasteiger partial charge is 0.333 e. The number of ether oxygens (including phenoxy) is 4. The SMILES string of the molecule is C=C(C)C(=O)OCCOC(=O)CCC(=O)OCCNC(=O)c1ccccc1C1c2cc(C)c(NCC)cc2OC2=CC(=NCC)C(C)=CC21. The van der Waals surface area contributed by atoms with Crippen LogP contribution in [0.5, 0.6) is 5.75 Å². The van der Waals surface area contributed by atoms with Gasteiger partial charge < -0.3 is 29.6 Å². The number of rotatable bonds is 15. The maximum Gasteiger partial charge on any atom is 0.333 e. The molecule has 1 aliphatic carbocycles. The molecule has 1 amide bonds. The highest BCUT2D eigenvalue weighted by Crippen LogP contribution is 2.50. The van der Waals surface area contributed by atoms with Crippen LogP contribution >= 0.6 is 0 Å². The summed E-state index contributed by atoms with van der Waals surface area (Å²) in [6, 6.07) is 11.7. The van der Waals surface area contributed by atoms with Gasteiger partial charge in [0.05, 0.1) is 25.1 Å². The molecule has 2 aliphatic rings. The summed E-state index contributed by atoms with van der Waals surface area (Å²) in [5.74, 6) is -0.944. The summed E-state index contributed by atoms with van der Waals surface area (Å²) in [6.07, 6.45) is 3.80. The molecule has 1 heterocycles. The first kappa shape index (κ1) is 36.6. The van der Waals surface area contributed by atoms with Crippen LogP contribution in [0, 0.1) is 12.8 Å². The molecular weight excluding hydrogens is 626 g/mol. The Labute approximate surface area is 287 Å². The van der Waals surface area contributed by atoms with Gasteiger partial charge >= 0.3 is 17.9 Å². The van der Waals surface area contributed by atoms with Crippen LogP contribution in [0.3, 0.4) is 0 Å². The molecule has 260 valence electrons. The third-order valence-electron chi connectivity index (χ3n) is 8.07. The number of aliphatic imine (C=N–C) groups is 1. The summed E-state index contributed by atoms with van der Waals surface area (Å²) in [7, 11) is 0. The number of benzene rings is 2. The number of esters is 3. The van der Waals surface area contributed by atoms with Gasteiger partial charge in [0.1, 0.15) is 31.3 Å². The Kier molecular flexibility index (Phi) is 12.9. The fraction of sp³-hybridized carbons (Fsp3) is 0.395. The molecule has 0 saturated heterocycles. The minimum Gasteiger partial charge on any atom is -0.464 e. The molecule has 2 aromatic carbocycles. The number of carbonyl (C=O) groups is 4. The maximum atomic E-state index is 13.6. The van der Waals surface area contributed by atoms with E-state index < -0.39 is 17.9 Å². The van der Waals surface area contributed by atoms with Gasteiger partial charge in [-0.1, -0.05) is 30.9 Å². The molecule has 11 nitrogen and oxygen atoms in total. The second-order valence-corrected chi connectivity index (χ2v) is 11.8. The lowest BCUT2D eigenvalue weighted by Gasteiger charge is -2.37. The van der Waals surface area contributed by atoms with Crippen molar-refractivity contribution in [3.8, 4) is 5.75 Å². The van der Waals surface area contributed by atoms with Crippen molar-refractivity contribution in [2.24, 2.45) is 10.9 Å². The molecule has 2 aromatic rings. The Bertz CT molecular complexity index is 1690. The lowest BCUT2D eigenvalue weighted by Crippen LogP contribution is -2.32. The van der Waals surface area contributed by atoms with Crippen molar-refractivity contribution in [3.05, 3.63) is 94.3 Å². The van der Waals surface area contributed by atoms with Gasteiger partial charge in [0, 0.05) is 59.5 Å². The van der Waals surface area contributed by atoms with Gasteiger partial charge in [-0.25, -0.2) is 4.79 Å². The van der Waals surface area contributed by atoms with E-state index in [1.54, 1.807) is 6.07 Å².